The van der Waals surface area contributed by atoms with Gasteiger partial charge in [-0.25, -0.2) is 0 Å². The van der Waals surface area contributed by atoms with Crippen molar-refractivity contribution < 1.29 is 23.1 Å². The molecule has 32 heavy (non-hydrogen) atoms. The minimum atomic E-state index is -4.80. The van der Waals surface area contributed by atoms with E-state index in [9.17, 15) is 23.1 Å². The molecule has 1 aliphatic carbocycles. The van der Waals surface area contributed by atoms with Crippen LogP contribution in [0.2, 0.25) is 0 Å². The Bertz CT molecular complexity index is 968. The molecule has 1 saturated carbocycles. The Kier molecular flexibility index (Phi) is 6.94. The highest BCUT2D eigenvalue weighted by Gasteiger charge is 2.51. The van der Waals surface area contributed by atoms with Gasteiger partial charge in [0, 0.05) is 18.2 Å². The van der Waals surface area contributed by atoms with Gasteiger partial charge < -0.3 is 10.0 Å². The van der Waals surface area contributed by atoms with Crippen LogP contribution in [0.25, 0.3) is 0 Å². The van der Waals surface area contributed by atoms with E-state index in [4.69, 9.17) is 5.26 Å². The van der Waals surface area contributed by atoms with Crippen LogP contribution in [0.15, 0.2) is 48.5 Å². The summed E-state index contributed by atoms with van der Waals surface area (Å²) in [5, 5.41) is 18.8. The molecule has 1 N–H and O–H groups in total. The van der Waals surface area contributed by atoms with Crippen LogP contribution in [0.3, 0.4) is 0 Å². The van der Waals surface area contributed by atoms with Gasteiger partial charge in [0.2, 0.25) is 0 Å². The summed E-state index contributed by atoms with van der Waals surface area (Å²) in [7, 11) is 0. The van der Waals surface area contributed by atoms with E-state index < -0.39 is 11.8 Å². The topological polar surface area (TPSA) is 64.3 Å². The van der Waals surface area contributed by atoms with Crippen LogP contribution >= 0.6 is 0 Å². The van der Waals surface area contributed by atoms with Gasteiger partial charge in [-0.3, -0.25) is 4.79 Å². The molecule has 0 bridgehead atoms. The summed E-state index contributed by atoms with van der Waals surface area (Å²) in [6.07, 6.45) is -1.28. The number of carbonyl (C=O) groups is 1. The van der Waals surface area contributed by atoms with Crippen molar-refractivity contribution in [3.63, 3.8) is 0 Å². The monoisotopic (exact) mass is 444 g/mol. The largest absolute Gasteiger partial charge is 0.421 e. The maximum atomic E-state index is 13.1. The molecule has 1 amide bonds. The zero-order valence-electron chi connectivity index (χ0n) is 18.2. The van der Waals surface area contributed by atoms with E-state index in [1.807, 2.05) is 31.2 Å². The Balaban J connectivity index is 1.67. The molecule has 0 spiro atoms. The molecule has 0 saturated heterocycles. The van der Waals surface area contributed by atoms with Crippen LogP contribution in [-0.4, -0.2) is 34.7 Å². The Hall–Kier alpha value is -2.85. The van der Waals surface area contributed by atoms with Crippen molar-refractivity contribution in [2.45, 2.75) is 63.3 Å². The molecule has 0 aliphatic heterocycles. The number of halogens is 3. The fraction of sp³-hybridized carbons (Fsp3) is 0.440. The summed E-state index contributed by atoms with van der Waals surface area (Å²) in [6, 6.07) is 14.8. The van der Waals surface area contributed by atoms with E-state index in [0.717, 1.165) is 37.8 Å². The molecule has 3 rings (SSSR count). The van der Waals surface area contributed by atoms with Gasteiger partial charge in [-0.05, 0) is 80.8 Å². The number of rotatable bonds is 5. The summed E-state index contributed by atoms with van der Waals surface area (Å²) >= 11 is 0. The second-order valence-corrected chi connectivity index (χ2v) is 8.48. The second-order valence-electron chi connectivity index (χ2n) is 8.48. The normalized spacial score (nSPS) is 20.8. The third-order valence-electron chi connectivity index (χ3n) is 6.50. The number of aliphatic hydroxyl groups is 1. The van der Waals surface area contributed by atoms with Crippen LogP contribution < -0.4 is 0 Å². The minimum absolute atomic E-state index is 0.0695. The highest BCUT2D eigenvalue weighted by atomic mass is 19.4. The highest BCUT2D eigenvalue weighted by Crippen LogP contribution is 2.39. The number of nitrogens with zero attached hydrogens (tertiary/aromatic N) is 2. The number of alkyl halides is 3. The van der Waals surface area contributed by atoms with Crippen molar-refractivity contribution >= 4 is 5.91 Å². The van der Waals surface area contributed by atoms with Crippen molar-refractivity contribution in [2.75, 3.05) is 6.54 Å². The summed E-state index contributed by atoms with van der Waals surface area (Å²) in [4.78, 5) is 14.8. The van der Waals surface area contributed by atoms with Crippen LogP contribution in [0, 0.1) is 11.3 Å². The van der Waals surface area contributed by atoms with E-state index in [0.29, 0.717) is 30.5 Å². The van der Waals surface area contributed by atoms with Gasteiger partial charge >= 0.3 is 6.18 Å². The third kappa shape index (κ3) is 4.81. The number of hydrogen-bond acceptors (Lipinski definition) is 3. The smallest absolute Gasteiger partial charge is 0.376 e. The van der Waals surface area contributed by atoms with Gasteiger partial charge in [-0.2, -0.15) is 18.4 Å². The van der Waals surface area contributed by atoms with Crippen molar-refractivity contribution in [1.82, 2.24) is 4.90 Å². The molecule has 7 heteroatoms. The van der Waals surface area contributed by atoms with Gasteiger partial charge in [-0.1, -0.05) is 24.3 Å². The predicted octanol–water partition coefficient (Wildman–Crippen LogP) is 5.52. The lowest BCUT2D eigenvalue weighted by atomic mass is 9.81. The number of benzene rings is 2. The van der Waals surface area contributed by atoms with Crippen LogP contribution in [0.1, 0.15) is 72.5 Å². The molecule has 170 valence electrons. The first kappa shape index (κ1) is 23.8. The van der Waals surface area contributed by atoms with Gasteiger partial charge in [0.05, 0.1) is 11.6 Å². The Labute approximate surface area is 186 Å². The quantitative estimate of drug-likeness (QED) is 0.661. The predicted molar refractivity (Wildman–Crippen MR) is 115 cm³/mol. The zero-order valence-corrected chi connectivity index (χ0v) is 18.2. The number of amides is 1. The van der Waals surface area contributed by atoms with Crippen molar-refractivity contribution in [2.24, 2.45) is 0 Å². The molecular formula is C25H27F3N2O2. The summed E-state index contributed by atoms with van der Waals surface area (Å²) in [5.41, 5.74) is -1.13. The van der Waals surface area contributed by atoms with Gasteiger partial charge in [-0.15, -0.1) is 0 Å². The maximum absolute atomic E-state index is 13.1. The first-order valence-corrected chi connectivity index (χ1v) is 10.8. The summed E-state index contributed by atoms with van der Waals surface area (Å²) in [5.74, 6) is 0.171. The Morgan fingerprint density at radius 3 is 2.09 bits per heavy atom. The SMILES string of the molecule is CCN(C(=O)c1ccc([C@](C)(O)C(F)(F)F)cc1)[C@H]1CC[C@H](c2ccc(C#N)cc2)CC1. The first-order valence-electron chi connectivity index (χ1n) is 10.8. The molecule has 0 unspecified atom stereocenters. The molecule has 1 atom stereocenters. The molecule has 4 nitrogen and oxygen atoms in total. The molecule has 1 fully saturated rings. The fourth-order valence-electron chi connectivity index (χ4n) is 4.39. The third-order valence-corrected chi connectivity index (χ3v) is 6.50. The van der Waals surface area contributed by atoms with Crippen LogP contribution in [0.5, 0.6) is 0 Å². The van der Waals surface area contributed by atoms with E-state index >= 15 is 0 Å². The van der Waals surface area contributed by atoms with E-state index in [1.54, 1.807) is 4.90 Å². The highest BCUT2D eigenvalue weighted by molar-refractivity contribution is 5.94. The average molecular weight is 444 g/mol. The van der Waals surface area contributed by atoms with Crippen molar-refractivity contribution in [1.29, 1.82) is 5.26 Å². The summed E-state index contributed by atoms with van der Waals surface area (Å²) < 4.78 is 39.2. The van der Waals surface area contributed by atoms with E-state index in [-0.39, 0.29) is 17.5 Å². The molecule has 0 heterocycles. The molecule has 1 aliphatic rings. The number of nitriles is 1. The lowest BCUT2D eigenvalue weighted by molar-refractivity contribution is -0.258. The van der Waals surface area contributed by atoms with E-state index in [2.05, 4.69) is 6.07 Å². The average Bonchev–Trinajstić information content (AvgIpc) is 2.79. The van der Waals surface area contributed by atoms with Gasteiger partial charge in [0.25, 0.3) is 5.91 Å². The van der Waals surface area contributed by atoms with Gasteiger partial charge in [0.1, 0.15) is 0 Å². The van der Waals surface area contributed by atoms with Crippen LogP contribution in [0.4, 0.5) is 13.2 Å². The molecule has 2 aromatic carbocycles. The first-order chi connectivity index (χ1) is 15.1. The number of hydrogen-bond donors (Lipinski definition) is 1. The minimum Gasteiger partial charge on any atom is -0.376 e. The lowest BCUT2D eigenvalue weighted by Gasteiger charge is -2.37. The van der Waals surface area contributed by atoms with Crippen molar-refractivity contribution in [3.05, 3.63) is 70.8 Å². The van der Waals surface area contributed by atoms with E-state index in [1.165, 1.54) is 17.7 Å². The fourth-order valence-corrected chi connectivity index (χ4v) is 4.39. The summed E-state index contributed by atoms with van der Waals surface area (Å²) in [6.45, 7) is 3.11. The maximum Gasteiger partial charge on any atom is 0.421 e. The van der Waals surface area contributed by atoms with Crippen LogP contribution in [-0.2, 0) is 5.60 Å². The Morgan fingerprint density at radius 2 is 1.62 bits per heavy atom. The molecule has 0 radical (unpaired) electrons. The number of carbonyl (C=O) groups excluding carboxylic acids is 1. The van der Waals surface area contributed by atoms with Gasteiger partial charge in [0.15, 0.2) is 5.60 Å². The van der Waals surface area contributed by atoms with Crippen molar-refractivity contribution in [3.8, 4) is 6.07 Å². The standard InChI is InChI=1S/C25H27F3N2O2/c1-3-30(22-14-10-19(11-15-22)18-6-4-17(16-29)5-7-18)23(31)20-8-12-21(13-9-20)24(2,32)25(26,27)28/h4-9,12-13,19,22,32H,3,10-11,14-15H2,1-2H3/t19-,22-,24-/m0/s1. The lowest BCUT2D eigenvalue weighted by Crippen LogP contribution is -2.42. The zero-order chi connectivity index (χ0) is 23.5. The molecular weight excluding hydrogens is 417 g/mol. The Morgan fingerprint density at radius 1 is 1.06 bits per heavy atom. The molecule has 2 aromatic rings. The molecule has 0 aromatic heterocycles. The second kappa shape index (κ2) is 9.33.